The number of esters is 2. The lowest BCUT2D eigenvalue weighted by Crippen LogP contribution is -2.48. The number of amides is 2. The molecule has 2 aliphatic rings. The minimum absolute atomic E-state index is 0.0268. The van der Waals surface area contributed by atoms with Crippen LogP contribution in [-0.2, 0) is 28.5 Å². The molecule has 184 valence electrons. The standard InChI is InChI=1S/2C11H19NO4/c2*1-11(2,3)16-10(14)12-8-5-7(6-8)9(13)15-4/h2*7-8H,5-6H2,1-4H3,(H,12,14). The molecule has 0 atom stereocenters. The number of ether oxygens (including phenoxy) is 4. The summed E-state index contributed by atoms with van der Waals surface area (Å²) in [6.45, 7) is 10.9. The maximum absolute atomic E-state index is 11.4. The lowest BCUT2D eigenvalue weighted by atomic mass is 9.80. The van der Waals surface area contributed by atoms with Crippen molar-refractivity contribution in [2.24, 2.45) is 11.8 Å². The van der Waals surface area contributed by atoms with E-state index in [-0.39, 0.29) is 35.9 Å². The van der Waals surface area contributed by atoms with Crippen LogP contribution < -0.4 is 10.6 Å². The molecule has 0 saturated heterocycles. The highest BCUT2D eigenvalue weighted by Crippen LogP contribution is 2.29. The van der Waals surface area contributed by atoms with Gasteiger partial charge in [0.25, 0.3) is 0 Å². The van der Waals surface area contributed by atoms with E-state index in [1.807, 2.05) is 41.5 Å². The van der Waals surface area contributed by atoms with Crippen molar-refractivity contribution < 1.29 is 38.1 Å². The molecule has 2 amide bonds. The van der Waals surface area contributed by atoms with E-state index < -0.39 is 23.4 Å². The molecule has 0 bridgehead atoms. The quantitative estimate of drug-likeness (QED) is 0.486. The molecule has 2 rings (SSSR count). The molecule has 0 unspecified atom stereocenters. The number of hydrogen-bond donors (Lipinski definition) is 2. The van der Waals surface area contributed by atoms with Crippen molar-refractivity contribution in [3.05, 3.63) is 0 Å². The van der Waals surface area contributed by atoms with Crippen LogP contribution in [0.25, 0.3) is 0 Å². The van der Waals surface area contributed by atoms with Crippen LogP contribution in [0.1, 0.15) is 67.2 Å². The number of nitrogens with one attached hydrogen (secondary N) is 2. The third kappa shape index (κ3) is 10.2. The van der Waals surface area contributed by atoms with Crippen LogP contribution in [0, 0.1) is 11.8 Å². The lowest BCUT2D eigenvalue weighted by molar-refractivity contribution is -0.149. The maximum Gasteiger partial charge on any atom is 0.407 e. The Morgan fingerprint density at radius 2 is 0.906 bits per heavy atom. The summed E-state index contributed by atoms with van der Waals surface area (Å²) in [6.07, 6.45) is 1.66. The van der Waals surface area contributed by atoms with Gasteiger partial charge in [-0.3, -0.25) is 9.59 Å². The highest BCUT2D eigenvalue weighted by molar-refractivity contribution is 5.75. The molecule has 2 aliphatic carbocycles. The molecular formula is C22H38N2O8. The van der Waals surface area contributed by atoms with Crippen LogP contribution in [0.5, 0.6) is 0 Å². The summed E-state index contributed by atoms with van der Waals surface area (Å²) < 4.78 is 19.4. The van der Waals surface area contributed by atoms with Gasteiger partial charge >= 0.3 is 24.1 Å². The number of alkyl carbamates (subject to hydrolysis) is 2. The van der Waals surface area contributed by atoms with E-state index in [2.05, 4.69) is 20.1 Å². The second-order valence-corrected chi connectivity index (χ2v) is 10.1. The lowest BCUT2D eigenvalue weighted by Gasteiger charge is -2.34. The molecule has 0 aromatic rings. The molecule has 0 spiro atoms. The van der Waals surface area contributed by atoms with Crippen molar-refractivity contribution in [2.75, 3.05) is 14.2 Å². The SMILES string of the molecule is COC(=O)C1CC(NC(=O)OC(C)(C)C)C1.COC(=O)C1CC(NC(=O)OC(C)(C)C)C1. The Morgan fingerprint density at radius 3 is 1.12 bits per heavy atom. The van der Waals surface area contributed by atoms with Gasteiger partial charge in [-0.2, -0.15) is 0 Å². The van der Waals surface area contributed by atoms with E-state index in [4.69, 9.17) is 9.47 Å². The summed E-state index contributed by atoms with van der Waals surface area (Å²) in [5.41, 5.74) is -0.981. The average molecular weight is 459 g/mol. The average Bonchev–Trinajstić information content (AvgIpc) is 2.56. The first-order valence-corrected chi connectivity index (χ1v) is 10.8. The fraction of sp³-hybridized carbons (Fsp3) is 0.818. The molecule has 0 heterocycles. The van der Waals surface area contributed by atoms with Gasteiger partial charge in [0.05, 0.1) is 26.1 Å². The highest BCUT2D eigenvalue weighted by Gasteiger charge is 2.37. The largest absolute Gasteiger partial charge is 0.469 e. The topological polar surface area (TPSA) is 129 Å². The molecule has 0 aromatic heterocycles. The zero-order valence-electron chi connectivity index (χ0n) is 20.4. The smallest absolute Gasteiger partial charge is 0.407 e. The summed E-state index contributed by atoms with van der Waals surface area (Å²) in [4.78, 5) is 44.9. The second-order valence-electron chi connectivity index (χ2n) is 10.1. The predicted molar refractivity (Wildman–Crippen MR) is 116 cm³/mol. The third-order valence-electron chi connectivity index (χ3n) is 4.79. The number of carbonyl (C=O) groups is 4. The van der Waals surface area contributed by atoms with Gasteiger partial charge in [0.1, 0.15) is 11.2 Å². The Morgan fingerprint density at radius 1 is 0.625 bits per heavy atom. The zero-order chi connectivity index (χ0) is 24.7. The number of methoxy groups -OCH3 is 2. The summed E-state index contributed by atoms with van der Waals surface area (Å²) in [6, 6.07) is 0.0536. The zero-order valence-corrected chi connectivity index (χ0v) is 20.4. The van der Waals surface area contributed by atoms with Crippen LogP contribution >= 0.6 is 0 Å². The number of hydrogen-bond acceptors (Lipinski definition) is 8. The van der Waals surface area contributed by atoms with E-state index in [1.165, 1.54) is 14.2 Å². The molecule has 0 aliphatic heterocycles. The van der Waals surface area contributed by atoms with Gasteiger partial charge in [0.15, 0.2) is 0 Å². The molecule has 2 N–H and O–H groups in total. The van der Waals surface area contributed by atoms with E-state index >= 15 is 0 Å². The van der Waals surface area contributed by atoms with Gasteiger partial charge < -0.3 is 29.6 Å². The predicted octanol–water partition coefficient (Wildman–Crippen LogP) is 2.93. The highest BCUT2D eigenvalue weighted by atomic mass is 16.6. The summed E-state index contributed by atoms with van der Waals surface area (Å²) in [7, 11) is 2.74. The molecule has 32 heavy (non-hydrogen) atoms. The number of rotatable bonds is 4. The van der Waals surface area contributed by atoms with Crippen molar-refractivity contribution in [2.45, 2.75) is 90.5 Å². The molecule has 10 nitrogen and oxygen atoms in total. The molecule has 2 fully saturated rings. The summed E-state index contributed by atoms with van der Waals surface area (Å²) in [5, 5.41) is 5.43. The van der Waals surface area contributed by atoms with Gasteiger partial charge in [-0.15, -0.1) is 0 Å². The van der Waals surface area contributed by atoms with Crippen LogP contribution in [0.4, 0.5) is 9.59 Å². The van der Waals surface area contributed by atoms with E-state index in [1.54, 1.807) is 0 Å². The Labute approximate surface area is 190 Å². The van der Waals surface area contributed by atoms with E-state index in [9.17, 15) is 19.2 Å². The fourth-order valence-electron chi connectivity index (χ4n) is 3.14. The molecule has 2 saturated carbocycles. The van der Waals surface area contributed by atoms with Crippen LogP contribution in [0.15, 0.2) is 0 Å². The Balaban J connectivity index is 0.000000320. The van der Waals surface area contributed by atoms with Crippen molar-refractivity contribution in [3.8, 4) is 0 Å². The maximum atomic E-state index is 11.4. The van der Waals surface area contributed by atoms with Crippen molar-refractivity contribution in [1.82, 2.24) is 10.6 Å². The molecule has 0 aromatic carbocycles. The first-order chi connectivity index (χ1) is 14.6. The minimum Gasteiger partial charge on any atom is -0.469 e. The van der Waals surface area contributed by atoms with Gasteiger partial charge in [-0.1, -0.05) is 0 Å². The van der Waals surface area contributed by atoms with E-state index in [0.717, 1.165) is 0 Å². The Kier molecular flexibility index (Phi) is 9.78. The third-order valence-corrected chi connectivity index (χ3v) is 4.79. The van der Waals surface area contributed by atoms with Crippen molar-refractivity contribution >= 4 is 24.1 Å². The Bertz CT molecular complexity index is 610. The van der Waals surface area contributed by atoms with Gasteiger partial charge in [-0.05, 0) is 67.2 Å². The Hall–Kier alpha value is -2.52. The van der Waals surface area contributed by atoms with E-state index in [0.29, 0.717) is 25.7 Å². The molecular weight excluding hydrogens is 420 g/mol. The fourth-order valence-corrected chi connectivity index (χ4v) is 3.14. The van der Waals surface area contributed by atoms with Gasteiger partial charge in [0.2, 0.25) is 0 Å². The summed E-state index contributed by atoms with van der Waals surface area (Å²) >= 11 is 0. The van der Waals surface area contributed by atoms with Gasteiger partial charge in [-0.25, -0.2) is 9.59 Å². The van der Waals surface area contributed by atoms with Crippen LogP contribution in [0.3, 0.4) is 0 Å². The van der Waals surface area contributed by atoms with Crippen LogP contribution in [0.2, 0.25) is 0 Å². The van der Waals surface area contributed by atoms with Crippen LogP contribution in [-0.4, -0.2) is 61.6 Å². The monoisotopic (exact) mass is 458 g/mol. The first-order valence-electron chi connectivity index (χ1n) is 10.8. The van der Waals surface area contributed by atoms with Crippen molar-refractivity contribution in [3.63, 3.8) is 0 Å². The van der Waals surface area contributed by atoms with Gasteiger partial charge in [0, 0.05) is 12.1 Å². The first kappa shape index (κ1) is 27.5. The number of carbonyl (C=O) groups excluding carboxylic acids is 4. The summed E-state index contributed by atoms with van der Waals surface area (Å²) in [5.74, 6) is -0.570. The molecule has 10 heteroatoms. The second kappa shape index (κ2) is 11.4. The molecule has 0 radical (unpaired) electrons. The van der Waals surface area contributed by atoms with Crippen molar-refractivity contribution in [1.29, 1.82) is 0 Å². The minimum atomic E-state index is -0.490. The normalized spacial score (nSPS) is 24.2.